The minimum Gasteiger partial charge on any atom is -0.396 e. The first-order valence-corrected chi connectivity index (χ1v) is 6.46. The van der Waals surface area contributed by atoms with Crippen LogP contribution in [0.1, 0.15) is 44.9 Å². The van der Waals surface area contributed by atoms with Crippen molar-refractivity contribution in [3.05, 3.63) is 0 Å². The highest BCUT2D eigenvalue weighted by atomic mass is 16.3. The number of hydrogen-bond donors (Lipinski definition) is 3. The maximum atomic E-state index is 11.5. The highest BCUT2D eigenvalue weighted by Gasteiger charge is 2.26. The number of hydrogen-bond acceptors (Lipinski definition) is 2. The molecule has 2 amide bonds. The van der Waals surface area contributed by atoms with E-state index >= 15 is 0 Å². The molecule has 2 aliphatic carbocycles. The maximum Gasteiger partial charge on any atom is 0.315 e. The molecule has 0 saturated heterocycles. The molecule has 0 unspecified atom stereocenters. The average Bonchev–Trinajstić information content (AvgIpc) is 3.05. The molecule has 0 aromatic carbocycles. The largest absolute Gasteiger partial charge is 0.396 e. The van der Waals surface area contributed by atoms with Gasteiger partial charge < -0.3 is 15.7 Å². The van der Waals surface area contributed by atoms with Crippen molar-refractivity contribution in [2.75, 3.05) is 6.61 Å². The molecule has 0 spiro atoms. The van der Waals surface area contributed by atoms with Crippen LogP contribution in [0.5, 0.6) is 0 Å². The van der Waals surface area contributed by atoms with Gasteiger partial charge in [0.25, 0.3) is 0 Å². The van der Waals surface area contributed by atoms with Crippen molar-refractivity contribution in [3.8, 4) is 0 Å². The summed E-state index contributed by atoms with van der Waals surface area (Å²) in [5.41, 5.74) is 0. The van der Waals surface area contributed by atoms with E-state index < -0.39 is 0 Å². The van der Waals surface area contributed by atoms with Crippen molar-refractivity contribution >= 4 is 6.03 Å². The van der Waals surface area contributed by atoms with Crippen molar-refractivity contribution in [1.82, 2.24) is 10.6 Å². The molecule has 0 radical (unpaired) electrons. The number of carbonyl (C=O) groups excluding carboxylic acids is 1. The SMILES string of the molecule is O=C(NC1CCC(CCO)CC1)NC1CC1. The fourth-order valence-corrected chi connectivity index (χ4v) is 2.42. The number of amides is 2. The molecule has 0 aromatic heterocycles. The van der Waals surface area contributed by atoms with Gasteiger partial charge >= 0.3 is 6.03 Å². The van der Waals surface area contributed by atoms with E-state index in [1.54, 1.807) is 0 Å². The minimum absolute atomic E-state index is 0.00751. The normalized spacial score (nSPS) is 29.8. The Morgan fingerprint density at radius 3 is 1.94 bits per heavy atom. The highest BCUT2D eigenvalue weighted by Crippen LogP contribution is 2.26. The summed E-state index contributed by atoms with van der Waals surface area (Å²) in [6.07, 6.45) is 7.57. The van der Waals surface area contributed by atoms with Crippen molar-refractivity contribution in [2.24, 2.45) is 5.92 Å². The third-order valence-electron chi connectivity index (χ3n) is 3.63. The molecule has 0 bridgehead atoms. The van der Waals surface area contributed by atoms with Gasteiger partial charge in [-0.15, -0.1) is 0 Å². The lowest BCUT2D eigenvalue weighted by Crippen LogP contribution is -2.44. The topological polar surface area (TPSA) is 61.4 Å². The molecule has 0 aromatic rings. The molecule has 16 heavy (non-hydrogen) atoms. The van der Waals surface area contributed by atoms with Gasteiger partial charge in [0, 0.05) is 18.7 Å². The first-order chi connectivity index (χ1) is 7.78. The standard InChI is InChI=1S/C12H22N2O2/c15-8-7-9-1-3-10(4-2-9)13-12(16)14-11-5-6-11/h9-11,15H,1-8H2,(H2,13,14,16). The van der Waals surface area contributed by atoms with E-state index in [9.17, 15) is 4.79 Å². The fraction of sp³-hybridized carbons (Fsp3) is 0.917. The Morgan fingerprint density at radius 1 is 1.00 bits per heavy atom. The van der Waals surface area contributed by atoms with Crippen LogP contribution in [0.2, 0.25) is 0 Å². The zero-order valence-electron chi connectivity index (χ0n) is 9.74. The molecule has 2 fully saturated rings. The van der Waals surface area contributed by atoms with Crippen LogP contribution < -0.4 is 10.6 Å². The molecule has 4 heteroatoms. The lowest BCUT2D eigenvalue weighted by Gasteiger charge is -2.28. The zero-order valence-corrected chi connectivity index (χ0v) is 9.74. The molecule has 92 valence electrons. The van der Waals surface area contributed by atoms with Crippen LogP contribution in [0.4, 0.5) is 4.79 Å². The van der Waals surface area contributed by atoms with Gasteiger partial charge in [-0.05, 0) is 50.9 Å². The molecule has 0 heterocycles. The number of aliphatic hydroxyl groups excluding tert-OH is 1. The van der Waals surface area contributed by atoms with Gasteiger partial charge in [-0.2, -0.15) is 0 Å². The van der Waals surface area contributed by atoms with Crippen LogP contribution in [0.25, 0.3) is 0 Å². The number of nitrogens with one attached hydrogen (secondary N) is 2. The van der Waals surface area contributed by atoms with E-state index in [2.05, 4.69) is 10.6 Å². The van der Waals surface area contributed by atoms with E-state index in [1.807, 2.05) is 0 Å². The third kappa shape index (κ3) is 3.67. The first-order valence-electron chi connectivity index (χ1n) is 6.46. The van der Waals surface area contributed by atoms with Crippen LogP contribution in [0.15, 0.2) is 0 Å². The molecule has 0 atom stereocenters. The van der Waals surface area contributed by atoms with Gasteiger partial charge in [0.1, 0.15) is 0 Å². The molecule has 2 saturated carbocycles. The summed E-state index contributed by atoms with van der Waals surface area (Å²) in [5, 5.41) is 14.8. The predicted molar refractivity (Wildman–Crippen MR) is 62.1 cm³/mol. The number of carbonyl (C=O) groups is 1. The minimum atomic E-state index is 0.00751. The van der Waals surface area contributed by atoms with Crippen LogP contribution >= 0.6 is 0 Å². The summed E-state index contributed by atoms with van der Waals surface area (Å²) >= 11 is 0. The number of urea groups is 1. The second-order valence-electron chi connectivity index (χ2n) is 5.12. The lowest BCUT2D eigenvalue weighted by atomic mass is 9.84. The Labute approximate surface area is 96.8 Å². The molecule has 0 aliphatic heterocycles. The Balaban J connectivity index is 1.62. The molecular formula is C12H22N2O2. The van der Waals surface area contributed by atoms with Crippen LogP contribution in [-0.4, -0.2) is 29.8 Å². The first kappa shape index (κ1) is 11.7. The van der Waals surface area contributed by atoms with Gasteiger partial charge in [0.05, 0.1) is 0 Å². The highest BCUT2D eigenvalue weighted by molar-refractivity contribution is 5.74. The van der Waals surface area contributed by atoms with E-state index in [0.717, 1.165) is 44.9 Å². The molecule has 2 aliphatic rings. The Bertz CT molecular complexity index is 233. The van der Waals surface area contributed by atoms with E-state index in [0.29, 0.717) is 24.6 Å². The Morgan fingerprint density at radius 2 is 1.50 bits per heavy atom. The molecule has 2 rings (SSSR count). The van der Waals surface area contributed by atoms with Crippen molar-refractivity contribution in [1.29, 1.82) is 0 Å². The lowest BCUT2D eigenvalue weighted by molar-refractivity contribution is 0.206. The number of aliphatic hydroxyl groups is 1. The van der Waals surface area contributed by atoms with E-state index in [-0.39, 0.29) is 6.03 Å². The summed E-state index contributed by atoms with van der Waals surface area (Å²) in [6, 6.07) is 0.785. The molecule has 3 N–H and O–H groups in total. The van der Waals surface area contributed by atoms with Crippen LogP contribution in [0, 0.1) is 5.92 Å². The second kappa shape index (κ2) is 5.53. The van der Waals surface area contributed by atoms with Crippen molar-refractivity contribution < 1.29 is 9.90 Å². The average molecular weight is 226 g/mol. The summed E-state index contributed by atoms with van der Waals surface area (Å²) in [6.45, 7) is 0.297. The van der Waals surface area contributed by atoms with E-state index in [1.165, 1.54) is 0 Å². The summed E-state index contributed by atoms with van der Waals surface area (Å²) in [5.74, 6) is 0.662. The summed E-state index contributed by atoms with van der Waals surface area (Å²) in [7, 11) is 0. The smallest absolute Gasteiger partial charge is 0.315 e. The fourth-order valence-electron chi connectivity index (χ4n) is 2.42. The predicted octanol–water partition coefficient (Wildman–Crippen LogP) is 1.39. The maximum absolute atomic E-state index is 11.5. The van der Waals surface area contributed by atoms with Crippen molar-refractivity contribution in [2.45, 2.75) is 57.0 Å². The molecule has 4 nitrogen and oxygen atoms in total. The van der Waals surface area contributed by atoms with Crippen LogP contribution in [0.3, 0.4) is 0 Å². The quantitative estimate of drug-likeness (QED) is 0.678. The Kier molecular flexibility index (Phi) is 4.04. The summed E-state index contributed by atoms with van der Waals surface area (Å²) in [4.78, 5) is 11.5. The monoisotopic (exact) mass is 226 g/mol. The van der Waals surface area contributed by atoms with Crippen LogP contribution in [-0.2, 0) is 0 Å². The van der Waals surface area contributed by atoms with Gasteiger partial charge in [0.15, 0.2) is 0 Å². The van der Waals surface area contributed by atoms with Crippen molar-refractivity contribution in [3.63, 3.8) is 0 Å². The van der Waals surface area contributed by atoms with Gasteiger partial charge in [-0.25, -0.2) is 4.79 Å². The molecular weight excluding hydrogens is 204 g/mol. The summed E-state index contributed by atoms with van der Waals surface area (Å²) < 4.78 is 0. The second-order valence-corrected chi connectivity index (χ2v) is 5.12. The van der Waals surface area contributed by atoms with E-state index in [4.69, 9.17) is 5.11 Å². The van der Waals surface area contributed by atoms with Gasteiger partial charge in [-0.1, -0.05) is 0 Å². The third-order valence-corrected chi connectivity index (χ3v) is 3.63. The zero-order chi connectivity index (χ0) is 11.4. The van der Waals surface area contributed by atoms with Gasteiger partial charge in [0.2, 0.25) is 0 Å². The van der Waals surface area contributed by atoms with Gasteiger partial charge in [-0.3, -0.25) is 0 Å². The number of rotatable bonds is 4. The Hall–Kier alpha value is -0.770.